The Kier molecular flexibility index (Phi) is 8.83. The van der Waals surface area contributed by atoms with E-state index in [1.165, 1.54) is 11.1 Å². The molecule has 0 bridgehead atoms. The lowest BCUT2D eigenvalue weighted by atomic mass is 10.2. The molecule has 3 heterocycles. The predicted octanol–water partition coefficient (Wildman–Crippen LogP) is 0.0617. The van der Waals surface area contributed by atoms with Gasteiger partial charge in [-0.15, -0.1) is 0 Å². The average Bonchev–Trinajstić information content (AvgIpc) is 3.13. The zero-order valence-corrected chi connectivity index (χ0v) is 19.6. The van der Waals surface area contributed by atoms with Gasteiger partial charge < -0.3 is 19.3 Å². The van der Waals surface area contributed by atoms with Gasteiger partial charge in [0, 0.05) is 44.6 Å². The van der Waals surface area contributed by atoms with Crippen LogP contribution in [-0.2, 0) is 35.5 Å². The molecule has 2 amide bonds. The van der Waals surface area contributed by atoms with Crippen LogP contribution in [0.5, 0.6) is 0 Å². The summed E-state index contributed by atoms with van der Waals surface area (Å²) in [5.41, 5.74) is 0.590. The van der Waals surface area contributed by atoms with E-state index >= 15 is 0 Å². The van der Waals surface area contributed by atoms with Crippen LogP contribution in [0.3, 0.4) is 0 Å². The molecule has 32 heavy (non-hydrogen) atoms. The number of nitrogens with zero attached hydrogens (tertiary/aromatic N) is 3. The van der Waals surface area contributed by atoms with Crippen molar-refractivity contribution < 1.29 is 27.5 Å². The lowest BCUT2D eigenvalue weighted by molar-refractivity contribution is -0.149. The fraction of sp³-hybridized carbons (Fsp3) is 0.650. The number of aryl methyl sites for hydroxylation is 1. The number of pyridine rings is 1. The molecule has 1 aromatic rings. The van der Waals surface area contributed by atoms with E-state index in [0.717, 1.165) is 0 Å². The Morgan fingerprint density at radius 3 is 2.75 bits per heavy atom. The van der Waals surface area contributed by atoms with Crippen LogP contribution in [0.1, 0.15) is 19.0 Å². The molecule has 0 spiro atoms. The topological polar surface area (TPSA) is 118 Å². The number of amides is 2. The highest BCUT2D eigenvalue weighted by Gasteiger charge is 2.42. The van der Waals surface area contributed by atoms with Crippen molar-refractivity contribution in [1.29, 1.82) is 0 Å². The molecule has 3 rings (SSSR count). The van der Waals surface area contributed by atoms with Gasteiger partial charge in [0.25, 0.3) is 0 Å². The van der Waals surface area contributed by atoms with Gasteiger partial charge in [0.1, 0.15) is 12.1 Å². The van der Waals surface area contributed by atoms with Crippen molar-refractivity contribution in [2.75, 3.05) is 51.8 Å². The molecule has 2 fully saturated rings. The van der Waals surface area contributed by atoms with Crippen LogP contribution in [0, 0.1) is 0 Å². The summed E-state index contributed by atoms with van der Waals surface area (Å²) in [5, 5.41) is 0.472. The summed E-state index contributed by atoms with van der Waals surface area (Å²) < 4.78 is 38.4. The van der Waals surface area contributed by atoms with Crippen LogP contribution in [-0.4, -0.2) is 98.9 Å². The maximum absolute atomic E-state index is 13.1. The molecule has 2 saturated heterocycles. The first-order valence-electron chi connectivity index (χ1n) is 10.7. The van der Waals surface area contributed by atoms with Crippen LogP contribution in [0.25, 0.3) is 0 Å². The molecule has 1 N–H and O–H groups in total. The molecule has 0 radical (unpaired) electrons. The highest BCUT2D eigenvalue weighted by molar-refractivity contribution is 7.89. The molecule has 178 valence electrons. The number of aromatic nitrogens is 1. The average molecular weight is 489 g/mol. The van der Waals surface area contributed by atoms with E-state index in [1.54, 1.807) is 17.0 Å². The molecular formula is C20H29ClN4O6S. The van der Waals surface area contributed by atoms with E-state index in [0.29, 0.717) is 43.6 Å². The summed E-state index contributed by atoms with van der Waals surface area (Å²) in [4.78, 5) is 33.2. The number of hydrogen-bond acceptors (Lipinski definition) is 7. The minimum Gasteiger partial charge on any atom is -0.379 e. The summed E-state index contributed by atoms with van der Waals surface area (Å²) in [6.07, 6.45) is 1.94. The first-order valence-corrected chi connectivity index (χ1v) is 12.7. The number of rotatable bonds is 10. The van der Waals surface area contributed by atoms with Gasteiger partial charge in [0.15, 0.2) is 0 Å². The summed E-state index contributed by atoms with van der Waals surface area (Å²) in [6.45, 7) is 4.38. The van der Waals surface area contributed by atoms with Gasteiger partial charge in [-0.3, -0.25) is 14.6 Å². The molecule has 0 saturated carbocycles. The number of carbonyl (C=O) groups excluding carboxylic acids is 2. The SMILES string of the molecule is CCOC[C@@H](C(=O)N1CCOCC1)N1CC[C@H](NS(=O)(=O)CCc2ccc(Cl)cn2)C1=O. The maximum Gasteiger partial charge on any atom is 0.247 e. The van der Waals surface area contributed by atoms with E-state index < -0.39 is 28.0 Å². The fourth-order valence-corrected chi connectivity index (χ4v) is 5.07. The number of sulfonamides is 1. The molecule has 0 aliphatic carbocycles. The van der Waals surface area contributed by atoms with Crippen molar-refractivity contribution >= 4 is 33.4 Å². The van der Waals surface area contributed by atoms with E-state index in [1.807, 2.05) is 6.92 Å². The van der Waals surface area contributed by atoms with Gasteiger partial charge in [-0.05, 0) is 25.5 Å². The Morgan fingerprint density at radius 2 is 2.09 bits per heavy atom. The van der Waals surface area contributed by atoms with Crippen molar-refractivity contribution in [2.24, 2.45) is 0 Å². The van der Waals surface area contributed by atoms with Crippen LogP contribution in [0.2, 0.25) is 5.02 Å². The second-order valence-corrected chi connectivity index (χ2v) is 9.95. The molecule has 2 aliphatic rings. The van der Waals surface area contributed by atoms with Gasteiger partial charge in [0.05, 0.1) is 30.6 Å². The third kappa shape index (κ3) is 6.61. The first kappa shape index (κ1) is 24.8. The largest absolute Gasteiger partial charge is 0.379 e. The third-order valence-corrected chi connectivity index (χ3v) is 7.05. The Bertz CT molecular complexity index is 892. The van der Waals surface area contributed by atoms with Gasteiger partial charge >= 0.3 is 0 Å². The molecule has 1 aromatic heterocycles. The second kappa shape index (κ2) is 11.4. The Morgan fingerprint density at radius 1 is 1.34 bits per heavy atom. The predicted molar refractivity (Wildman–Crippen MR) is 118 cm³/mol. The van der Waals surface area contributed by atoms with Gasteiger partial charge in [-0.25, -0.2) is 13.1 Å². The lowest BCUT2D eigenvalue weighted by Gasteiger charge is -2.34. The molecule has 12 heteroatoms. The van der Waals surface area contributed by atoms with Crippen molar-refractivity contribution in [1.82, 2.24) is 19.5 Å². The monoisotopic (exact) mass is 488 g/mol. The number of morpholine rings is 1. The number of hydrogen-bond donors (Lipinski definition) is 1. The van der Waals surface area contributed by atoms with Crippen LogP contribution >= 0.6 is 11.6 Å². The van der Waals surface area contributed by atoms with Crippen molar-refractivity contribution in [3.8, 4) is 0 Å². The first-order chi connectivity index (χ1) is 15.3. The Hall–Kier alpha value is -1.79. The lowest BCUT2D eigenvalue weighted by Crippen LogP contribution is -2.55. The van der Waals surface area contributed by atoms with Crippen LogP contribution < -0.4 is 4.72 Å². The van der Waals surface area contributed by atoms with E-state index in [9.17, 15) is 18.0 Å². The molecular weight excluding hydrogens is 460 g/mol. The highest BCUT2D eigenvalue weighted by Crippen LogP contribution is 2.19. The number of carbonyl (C=O) groups is 2. The van der Waals surface area contributed by atoms with Gasteiger partial charge in [-0.1, -0.05) is 11.6 Å². The highest BCUT2D eigenvalue weighted by atomic mass is 35.5. The normalized spacial score (nSPS) is 20.6. The van der Waals surface area contributed by atoms with E-state index in [4.69, 9.17) is 21.1 Å². The van der Waals surface area contributed by atoms with Crippen LogP contribution in [0.15, 0.2) is 18.3 Å². The molecule has 0 unspecified atom stereocenters. The molecule has 2 aliphatic heterocycles. The summed E-state index contributed by atoms with van der Waals surface area (Å²) in [5.74, 6) is -0.822. The number of ether oxygens (including phenoxy) is 2. The van der Waals surface area contributed by atoms with Crippen LogP contribution in [0.4, 0.5) is 0 Å². The summed E-state index contributed by atoms with van der Waals surface area (Å²) >= 11 is 5.80. The summed E-state index contributed by atoms with van der Waals surface area (Å²) in [7, 11) is -3.73. The Labute approximate surface area is 193 Å². The number of halogens is 1. The second-order valence-electron chi connectivity index (χ2n) is 7.64. The van der Waals surface area contributed by atoms with Gasteiger partial charge in [-0.2, -0.15) is 0 Å². The van der Waals surface area contributed by atoms with Crippen molar-refractivity contribution in [2.45, 2.75) is 31.8 Å². The zero-order valence-electron chi connectivity index (χ0n) is 18.0. The maximum atomic E-state index is 13.1. The van der Waals surface area contributed by atoms with E-state index in [2.05, 4.69) is 9.71 Å². The minimum atomic E-state index is -3.73. The van der Waals surface area contributed by atoms with Crippen molar-refractivity contribution in [3.63, 3.8) is 0 Å². The summed E-state index contributed by atoms with van der Waals surface area (Å²) in [6, 6.07) is 1.62. The Balaban J connectivity index is 1.61. The van der Waals surface area contributed by atoms with E-state index in [-0.39, 0.29) is 37.7 Å². The van der Waals surface area contributed by atoms with Gasteiger partial charge in [0.2, 0.25) is 21.8 Å². The number of likely N-dealkylation sites (tertiary alicyclic amines) is 1. The molecule has 0 aromatic carbocycles. The molecule has 10 nitrogen and oxygen atoms in total. The molecule has 2 atom stereocenters. The smallest absolute Gasteiger partial charge is 0.247 e. The standard InChI is InChI=1S/C20H29ClN4O6S/c1-2-30-14-18(20(27)24-8-10-31-11-9-24)25-7-5-17(19(25)26)23-32(28,29)12-6-16-4-3-15(21)13-22-16/h3-4,13,17-18,23H,2,5-12,14H2,1H3/t17-,18-/m0/s1. The zero-order chi connectivity index (χ0) is 23.1. The number of nitrogens with one attached hydrogen (secondary N) is 1. The minimum absolute atomic E-state index is 0.0696. The fourth-order valence-electron chi connectivity index (χ4n) is 3.71. The quantitative estimate of drug-likeness (QED) is 0.494. The third-order valence-electron chi connectivity index (χ3n) is 5.44. The van der Waals surface area contributed by atoms with Crippen molar-refractivity contribution in [3.05, 3.63) is 29.0 Å².